The Morgan fingerprint density at radius 3 is 2.27 bits per heavy atom. The lowest BCUT2D eigenvalue weighted by Gasteiger charge is -2.15. The Morgan fingerprint density at radius 1 is 0.818 bits per heavy atom. The summed E-state index contributed by atoms with van der Waals surface area (Å²) in [6, 6.07) is 12.0. The quantitative estimate of drug-likeness (QED) is 0.316. The first-order chi connectivity index (χ1) is 15.8. The highest BCUT2D eigenvalue weighted by atomic mass is 16.3. The molecule has 162 valence electrons. The van der Waals surface area contributed by atoms with E-state index in [0.29, 0.717) is 5.58 Å². The minimum Gasteiger partial charge on any atom is -0.508 e. The maximum Gasteiger partial charge on any atom is 0.200 e. The second-order valence-electron chi connectivity index (χ2n) is 7.75. The molecular weight excluding hydrogens is 424 g/mol. The van der Waals surface area contributed by atoms with Crippen molar-refractivity contribution in [1.82, 2.24) is 0 Å². The number of fused-ring (bicyclic) bond motifs is 3. The molecule has 0 aliphatic rings. The number of phenolic OH excluding ortho intramolecular Hbond substituents is 1. The van der Waals surface area contributed by atoms with Gasteiger partial charge in [-0.25, -0.2) is 0 Å². The summed E-state index contributed by atoms with van der Waals surface area (Å²) in [5, 5.41) is 10.3. The minimum atomic E-state index is -0.506. The lowest BCUT2D eigenvalue weighted by Crippen LogP contribution is -2.14. The van der Waals surface area contributed by atoms with Crippen molar-refractivity contribution < 1.29 is 23.5 Å². The molecule has 7 nitrogen and oxygen atoms in total. The number of Topliss-reactive ketones (excluding diaryl/α,β-unsaturated/α-hetero) is 2. The highest BCUT2D eigenvalue weighted by Crippen LogP contribution is 2.35. The van der Waals surface area contributed by atoms with Crippen LogP contribution in [-0.2, 0) is 0 Å². The number of carbonyl (C=O) groups excluding carboxylic acids is 2. The molecule has 0 aliphatic carbocycles. The van der Waals surface area contributed by atoms with Crippen molar-refractivity contribution in [3.05, 3.63) is 86.4 Å². The lowest BCUT2D eigenvalue weighted by molar-refractivity contribution is 0.101. The molecule has 0 aliphatic heterocycles. The Hall–Kier alpha value is -4.52. The molecule has 33 heavy (non-hydrogen) atoms. The molecule has 0 amide bonds. The first kappa shape index (κ1) is 20.4. The molecule has 2 aromatic heterocycles. The number of carbonyl (C=O) groups is 2. The van der Waals surface area contributed by atoms with Gasteiger partial charge in [-0.1, -0.05) is 12.1 Å². The van der Waals surface area contributed by atoms with E-state index >= 15 is 0 Å². The summed E-state index contributed by atoms with van der Waals surface area (Å²) in [5.74, 6) is -1.06. The number of hydrogen-bond acceptors (Lipinski definition) is 7. The van der Waals surface area contributed by atoms with Gasteiger partial charge in [0, 0.05) is 17.2 Å². The van der Waals surface area contributed by atoms with E-state index in [-0.39, 0.29) is 55.3 Å². The van der Waals surface area contributed by atoms with Gasteiger partial charge in [0.2, 0.25) is 10.9 Å². The van der Waals surface area contributed by atoms with Crippen LogP contribution in [0.3, 0.4) is 0 Å². The van der Waals surface area contributed by atoms with Gasteiger partial charge in [0.15, 0.2) is 11.6 Å². The van der Waals surface area contributed by atoms with Crippen molar-refractivity contribution in [2.45, 2.75) is 13.8 Å². The van der Waals surface area contributed by atoms with Crippen molar-refractivity contribution in [2.24, 2.45) is 0 Å². The zero-order valence-corrected chi connectivity index (χ0v) is 17.6. The molecule has 0 radical (unpaired) electrons. The molecule has 3 aromatic carbocycles. The van der Waals surface area contributed by atoms with Crippen LogP contribution in [0.15, 0.2) is 73.2 Å². The monoisotopic (exact) mass is 440 g/mol. The molecule has 0 saturated heterocycles. The summed E-state index contributed by atoms with van der Waals surface area (Å²) in [5.41, 5.74) is -0.540. The number of para-hydroxylation sites is 1. The van der Waals surface area contributed by atoms with Crippen LogP contribution in [0.5, 0.6) is 5.75 Å². The van der Waals surface area contributed by atoms with Gasteiger partial charge < -0.3 is 13.9 Å². The number of benzene rings is 3. The Balaban J connectivity index is 2.03. The predicted octanol–water partition coefficient (Wildman–Crippen LogP) is 4.83. The van der Waals surface area contributed by atoms with Crippen LogP contribution in [-0.4, -0.2) is 16.7 Å². The number of rotatable bonds is 3. The van der Waals surface area contributed by atoms with E-state index in [2.05, 4.69) is 0 Å². The number of ketones is 2. The van der Waals surface area contributed by atoms with E-state index < -0.39 is 22.4 Å². The summed E-state index contributed by atoms with van der Waals surface area (Å²) >= 11 is 0. The number of phenols is 1. The van der Waals surface area contributed by atoms with Crippen molar-refractivity contribution in [3.63, 3.8) is 0 Å². The molecule has 5 rings (SSSR count). The number of aromatic hydroxyl groups is 1. The summed E-state index contributed by atoms with van der Waals surface area (Å²) in [7, 11) is 0. The van der Waals surface area contributed by atoms with Crippen molar-refractivity contribution >= 4 is 44.5 Å². The van der Waals surface area contributed by atoms with E-state index in [1.165, 1.54) is 44.4 Å². The van der Waals surface area contributed by atoms with Gasteiger partial charge in [-0.15, -0.1) is 0 Å². The summed E-state index contributed by atoms with van der Waals surface area (Å²) in [4.78, 5) is 52.0. The SMILES string of the molecule is CC(=O)c1cc2c(=O)c3ccc(O)cc3oc2c(C(C)=O)c1-c1coc2ccccc2c1=O. The molecule has 0 spiro atoms. The van der Waals surface area contributed by atoms with Crippen LogP contribution in [0.25, 0.3) is 44.0 Å². The summed E-state index contributed by atoms with van der Waals surface area (Å²) < 4.78 is 11.5. The van der Waals surface area contributed by atoms with Gasteiger partial charge in [-0.05, 0) is 44.2 Å². The normalized spacial score (nSPS) is 11.3. The average Bonchev–Trinajstić information content (AvgIpc) is 2.78. The molecule has 5 aromatic rings. The van der Waals surface area contributed by atoms with Crippen molar-refractivity contribution in [1.29, 1.82) is 0 Å². The van der Waals surface area contributed by atoms with Gasteiger partial charge in [0.25, 0.3) is 0 Å². The molecule has 7 heteroatoms. The van der Waals surface area contributed by atoms with Gasteiger partial charge in [0.1, 0.15) is 28.8 Å². The van der Waals surface area contributed by atoms with Gasteiger partial charge in [0.05, 0.1) is 27.3 Å². The molecule has 0 bridgehead atoms. The molecule has 0 fully saturated rings. The Bertz CT molecular complexity index is 1770. The van der Waals surface area contributed by atoms with E-state index in [0.717, 1.165) is 0 Å². The third-order valence-electron chi connectivity index (χ3n) is 5.63. The topological polar surface area (TPSA) is 115 Å². The summed E-state index contributed by atoms with van der Waals surface area (Å²) in [6.45, 7) is 2.55. The zero-order valence-electron chi connectivity index (χ0n) is 17.6. The highest BCUT2D eigenvalue weighted by molar-refractivity contribution is 6.17. The summed E-state index contributed by atoms with van der Waals surface area (Å²) in [6.07, 6.45) is 1.20. The van der Waals surface area contributed by atoms with Crippen LogP contribution in [0.1, 0.15) is 34.6 Å². The smallest absolute Gasteiger partial charge is 0.200 e. The fraction of sp³-hybridized carbons (Fsp3) is 0.0769. The Kier molecular flexibility index (Phi) is 4.49. The van der Waals surface area contributed by atoms with Gasteiger partial charge >= 0.3 is 0 Å². The maximum absolute atomic E-state index is 13.3. The van der Waals surface area contributed by atoms with Crippen molar-refractivity contribution in [3.8, 4) is 16.9 Å². The molecular formula is C26H16O7. The number of hydrogen-bond donors (Lipinski definition) is 1. The van der Waals surface area contributed by atoms with E-state index in [1.54, 1.807) is 24.3 Å². The predicted molar refractivity (Wildman–Crippen MR) is 123 cm³/mol. The zero-order chi connectivity index (χ0) is 23.4. The van der Waals surface area contributed by atoms with Crippen LogP contribution in [0.2, 0.25) is 0 Å². The van der Waals surface area contributed by atoms with Crippen LogP contribution in [0.4, 0.5) is 0 Å². The third-order valence-corrected chi connectivity index (χ3v) is 5.63. The standard InChI is InChI=1S/C26H16O7/c1-12(27)17-10-18-24(30)16-8-7-14(29)9-21(16)33-26(18)22(13(2)28)23(17)19-11-32-20-6-4-3-5-15(20)25(19)31/h3-11,29H,1-2H3. The Labute approximate surface area is 185 Å². The largest absolute Gasteiger partial charge is 0.508 e. The van der Waals surface area contributed by atoms with E-state index in [9.17, 15) is 24.3 Å². The van der Waals surface area contributed by atoms with Crippen LogP contribution in [0, 0.1) is 0 Å². The van der Waals surface area contributed by atoms with Crippen LogP contribution >= 0.6 is 0 Å². The third kappa shape index (κ3) is 3.05. The van der Waals surface area contributed by atoms with Crippen molar-refractivity contribution in [2.75, 3.05) is 0 Å². The Morgan fingerprint density at radius 2 is 1.55 bits per heavy atom. The van der Waals surface area contributed by atoms with Gasteiger partial charge in [-0.3, -0.25) is 19.2 Å². The fourth-order valence-corrected chi connectivity index (χ4v) is 4.12. The van der Waals surface area contributed by atoms with E-state index in [1.807, 2.05) is 0 Å². The average molecular weight is 440 g/mol. The second kappa shape index (κ2) is 7.27. The fourth-order valence-electron chi connectivity index (χ4n) is 4.12. The molecule has 0 unspecified atom stereocenters. The highest BCUT2D eigenvalue weighted by Gasteiger charge is 2.26. The van der Waals surface area contributed by atoms with Crippen LogP contribution < -0.4 is 10.9 Å². The first-order valence-corrected chi connectivity index (χ1v) is 10.1. The molecule has 1 N–H and O–H groups in total. The first-order valence-electron chi connectivity index (χ1n) is 10.1. The minimum absolute atomic E-state index is 0.00431. The molecule has 0 saturated carbocycles. The molecule has 2 heterocycles. The second-order valence-corrected chi connectivity index (χ2v) is 7.75. The maximum atomic E-state index is 13.3. The molecule has 0 atom stereocenters. The lowest BCUT2D eigenvalue weighted by atomic mass is 9.89. The van der Waals surface area contributed by atoms with Gasteiger partial charge in [-0.2, -0.15) is 0 Å². The van der Waals surface area contributed by atoms with E-state index in [4.69, 9.17) is 8.83 Å².